The van der Waals surface area contributed by atoms with Crippen LogP contribution in [0.2, 0.25) is 0 Å². The molecule has 0 saturated carbocycles. The summed E-state index contributed by atoms with van der Waals surface area (Å²) in [5.41, 5.74) is -4.92. The quantitative estimate of drug-likeness (QED) is 0.0181. The van der Waals surface area contributed by atoms with E-state index in [1.165, 1.54) is 96.3 Å². The lowest BCUT2D eigenvalue weighted by atomic mass is 9.72. The highest BCUT2D eigenvalue weighted by Crippen LogP contribution is 2.49. The molecule has 3 atom stereocenters. The average molecular weight is 752 g/mol. The van der Waals surface area contributed by atoms with E-state index in [0.717, 1.165) is 51.4 Å². The number of hydrogen-bond donors (Lipinski definition) is 7. The molecule has 306 valence electrons. The smallest absolute Gasteiger partial charge is 0.394 e. The molecule has 51 heavy (non-hydrogen) atoms. The van der Waals surface area contributed by atoms with Crippen molar-refractivity contribution >= 4 is 13.6 Å². The zero-order chi connectivity index (χ0) is 37.4. The summed E-state index contributed by atoms with van der Waals surface area (Å²) in [4.78, 5) is 33.4. The van der Waals surface area contributed by atoms with Crippen LogP contribution in [0.4, 0.5) is 0 Å². The number of carbonyl (C=O) groups is 1. The SMILES string of the molecule is CCCCCCCC/C=C\CCCCCCCC(=O)C(CC(O)CO)(OP(=O)(O)O)C(O)(CO)CCCCCCCCCCCCCCCC.N. The summed E-state index contributed by atoms with van der Waals surface area (Å²) >= 11 is 0. The van der Waals surface area contributed by atoms with Crippen molar-refractivity contribution in [2.24, 2.45) is 0 Å². The van der Waals surface area contributed by atoms with Gasteiger partial charge in [-0.3, -0.25) is 9.32 Å². The molecule has 0 bridgehead atoms. The molecule has 10 nitrogen and oxygen atoms in total. The normalized spacial score (nSPS) is 15.1. The minimum absolute atomic E-state index is 0. The number of rotatable bonds is 38. The highest BCUT2D eigenvalue weighted by molar-refractivity contribution is 7.46. The third kappa shape index (κ3) is 26.7. The third-order valence-corrected chi connectivity index (χ3v) is 10.6. The fourth-order valence-electron chi connectivity index (χ4n) is 6.91. The van der Waals surface area contributed by atoms with E-state index in [1.54, 1.807) is 0 Å². The highest BCUT2D eigenvalue weighted by atomic mass is 31.2. The number of phosphoric ester groups is 1. The lowest BCUT2D eigenvalue weighted by Gasteiger charge is -2.45. The first-order chi connectivity index (χ1) is 24.0. The van der Waals surface area contributed by atoms with Gasteiger partial charge < -0.3 is 36.4 Å². The van der Waals surface area contributed by atoms with E-state index < -0.39 is 50.5 Å². The van der Waals surface area contributed by atoms with Crippen LogP contribution in [0.1, 0.15) is 206 Å². The van der Waals surface area contributed by atoms with Gasteiger partial charge in [0.05, 0.1) is 19.3 Å². The minimum Gasteiger partial charge on any atom is -0.394 e. The van der Waals surface area contributed by atoms with E-state index in [0.29, 0.717) is 25.7 Å². The number of unbranched alkanes of at least 4 members (excludes halogenated alkanes) is 24. The van der Waals surface area contributed by atoms with Crippen molar-refractivity contribution in [3.63, 3.8) is 0 Å². The predicted molar refractivity (Wildman–Crippen MR) is 210 cm³/mol. The molecule has 0 amide bonds. The number of hydrogen-bond acceptors (Lipinski definition) is 8. The highest BCUT2D eigenvalue weighted by Gasteiger charge is 2.59. The molecule has 11 heteroatoms. The first kappa shape index (κ1) is 52.4. The maximum Gasteiger partial charge on any atom is 0.470 e. The summed E-state index contributed by atoms with van der Waals surface area (Å²) in [6.07, 6.45) is 31.5. The maximum absolute atomic E-state index is 13.7. The van der Waals surface area contributed by atoms with Gasteiger partial charge in [0.25, 0.3) is 0 Å². The summed E-state index contributed by atoms with van der Waals surface area (Å²) in [6.45, 7) is 2.68. The van der Waals surface area contributed by atoms with Crippen LogP contribution in [-0.4, -0.2) is 66.5 Å². The Bertz CT molecular complexity index is 871. The van der Waals surface area contributed by atoms with Crippen LogP contribution >= 0.6 is 7.82 Å². The van der Waals surface area contributed by atoms with E-state index in [-0.39, 0.29) is 19.0 Å². The summed E-state index contributed by atoms with van der Waals surface area (Å²) in [5, 5.41) is 42.0. The number of aliphatic hydroxyl groups is 4. The summed E-state index contributed by atoms with van der Waals surface area (Å²) in [6, 6.07) is 0. The van der Waals surface area contributed by atoms with Crippen molar-refractivity contribution in [3.05, 3.63) is 12.2 Å². The molecule has 0 rings (SSSR count). The van der Waals surface area contributed by atoms with Crippen LogP contribution in [0, 0.1) is 0 Å². The van der Waals surface area contributed by atoms with Gasteiger partial charge in [-0.25, -0.2) is 4.57 Å². The first-order valence-corrected chi connectivity index (χ1v) is 22.1. The van der Waals surface area contributed by atoms with E-state index in [1.807, 2.05) is 0 Å². The standard InChI is InChI=1S/C40H79O9P.H3N/c1-3-5-7-9-11-13-15-17-19-20-22-24-26-28-30-32-38(44)40(34-37(43)35-41,49-50(46,47)48)39(45,36-42)33-31-29-27-25-23-21-18-16-14-12-10-8-6-4-2;/h17,19,37,41-43,45H,3-16,18,20-36H2,1-2H3,(H2,46,47,48);1H3/b19-17-;. The molecule has 0 spiro atoms. The van der Waals surface area contributed by atoms with E-state index in [2.05, 4.69) is 26.0 Å². The van der Waals surface area contributed by atoms with Crippen LogP contribution in [-0.2, 0) is 13.9 Å². The van der Waals surface area contributed by atoms with Gasteiger partial charge in [-0.1, -0.05) is 167 Å². The second kappa shape index (κ2) is 33.9. The van der Waals surface area contributed by atoms with Crippen molar-refractivity contribution in [2.75, 3.05) is 13.2 Å². The molecule has 0 saturated heterocycles. The Hall–Kier alpha value is -0.680. The molecule has 0 aromatic carbocycles. The number of carbonyl (C=O) groups excluding carboxylic acids is 1. The summed E-state index contributed by atoms with van der Waals surface area (Å²) in [5.74, 6) is -0.784. The van der Waals surface area contributed by atoms with Crippen LogP contribution < -0.4 is 6.15 Å². The summed E-state index contributed by atoms with van der Waals surface area (Å²) < 4.78 is 17.3. The largest absolute Gasteiger partial charge is 0.470 e. The second-order valence-corrected chi connectivity index (χ2v) is 15.9. The Morgan fingerprint density at radius 1 is 0.647 bits per heavy atom. The Balaban J connectivity index is 0. The van der Waals surface area contributed by atoms with Gasteiger partial charge in [0, 0.05) is 12.8 Å². The van der Waals surface area contributed by atoms with Crippen molar-refractivity contribution < 1.29 is 44.1 Å². The molecule has 9 N–H and O–H groups in total. The van der Waals surface area contributed by atoms with Crippen molar-refractivity contribution in [1.29, 1.82) is 0 Å². The molecule has 3 unspecified atom stereocenters. The maximum atomic E-state index is 13.7. The molecule has 0 aliphatic heterocycles. The predicted octanol–water partition coefficient (Wildman–Crippen LogP) is 9.94. The number of allylic oxidation sites excluding steroid dienone is 2. The molecule has 0 aliphatic carbocycles. The molecule has 0 aromatic heterocycles. The van der Waals surface area contributed by atoms with E-state index >= 15 is 0 Å². The molecule has 0 radical (unpaired) electrons. The van der Waals surface area contributed by atoms with Gasteiger partial charge >= 0.3 is 7.82 Å². The fraction of sp³-hybridized carbons (Fsp3) is 0.925. The topological polar surface area (TPSA) is 200 Å². The molecule has 0 fully saturated rings. The molecule has 0 aromatic rings. The van der Waals surface area contributed by atoms with E-state index in [4.69, 9.17) is 4.52 Å². The Kier molecular flexibility index (Phi) is 34.8. The number of Topliss-reactive ketones (excluding diaryl/α,β-unsaturated/α-hetero) is 1. The van der Waals surface area contributed by atoms with Crippen LogP contribution in [0.25, 0.3) is 0 Å². The summed E-state index contributed by atoms with van der Waals surface area (Å²) in [7, 11) is -5.36. The van der Waals surface area contributed by atoms with Gasteiger partial charge in [0.1, 0.15) is 5.60 Å². The Morgan fingerprint density at radius 2 is 1.02 bits per heavy atom. The number of phosphoric acid groups is 1. The Labute approximate surface area is 312 Å². The van der Waals surface area contributed by atoms with E-state index in [9.17, 15) is 39.6 Å². The monoisotopic (exact) mass is 752 g/mol. The van der Waals surface area contributed by atoms with Gasteiger partial charge in [-0.2, -0.15) is 0 Å². The van der Waals surface area contributed by atoms with Gasteiger partial charge in [0.15, 0.2) is 11.4 Å². The number of aliphatic hydroxyl groups excluding tert-OH is 3. The van der Waals surface area contributed by atoms with Crippen molar-refractivity contribution in [2.45, 2.75) is 224 Å². The van der Waals surface area contributed by atoms with Gasteiger partial charge in [-0.15, -0.1) is 0 Å². The second-order valence-electron chi connectivity index (χ2n) is 14.7. The van der Waals surface area contributed by atoms with Crippen molar-refractivity contribution in [1.82, 2.24) is 6.15 Å². The van der Waals surface area contributed by atoms with Crippen molar-refractivity contribution in [3.8, 4) is 0 Å². The van der Waals surface area contributed by atoms with Crippen LogP contribution in [0.3, 0.4) is 0 Å². The van der Waals surface area contributed by atoms with Gasteiger partial charge in [0.2, 0.25) is 0 Å². The molecule has 0 aliphatic rings. The van der Waals surface area contributed by atoms with Gasteiger partial charge in [-0.05, 0) is 38.5 Å². The lowest BCUT2D eigenvalue weighted by molar-refractivity contribution is -0.192. The third-order valence-electron chi connectivity index (χ3n) is 10.1. The zero-order valence-electron chi connectivity index (χ0n) is 32.9. The molecule has 0 heterocycles. The zero-order valence-corrected chi connectivity index (χ0v) is 33.8. The Morgan fingerprint density at radius 3 is 1.39 bits per heavy atom. The molecular formula is C40H82NO9P. The average Bonchev–Trinajstić information content (AvgIpc) is 3.08. The first-order valence-electron chi connectivity index (χ1n) is 20.6. The van der Waals surface area contributed by atoms with Crippen LogP contribution in [0.15, 0.2) is 12.2 Å². The number of ketones is 1. The minimum atomic E-state index is -5.36. The lowest BCUT2D eigenvalue weighted by Crippen LogP contribution is -2.64. The molecular weight excluding hydrogens is 669 g/mol. The van der Waals surface area contributed by atoms with Crippen LogP contribution in [0.5, 0.6) is 0 Å². The fourth-order valence-corrected chi connectivity index (χ4v) is 7.67.